The van der Waals surface area contributed by atoms with Crippen LogP contribution in [0.3, 0.4) is 0 Å². The molecule has 0 heterocycles. The fourth-order valence-corrected chi connectivity index (χ4v) is 4.36. The Hall–Kier alpha value is -2.84. The average Bonchev–Trinajstić information content (AvgIpc) is 2.76. The van der Waals surface area contributed by atoms with E-state index >= 15 is 0 Å². The third-order valence-corrected chi connectivity index (χ3v) is 6.30. The number of aliphatic hydroxyl groups is 2. The van der Waals surface area contributed by atoms with Gasteiger partial charge in [0.15, 0.2) is 23.0 Å². The molecule has 3 rings (SSSR count). The minimum Gasteiger partial charge on any atom is -0.493 e. The second-order valence-electron chi connectivity index (χ2n) is 8.26. The standard InChI is InChI=1S/C24H32O8/c1-23(25)11-13-9-15(27-3)19(29-5)21(31-7)17(13)18-14(12-24(23,2)26)10-16(28-4)20(30-6)22(18)32-8/h9-10,25-26H,11-12H2,1-8H3. The van der Waals surface area contributed by atoms with Gasteiger partial charge >= 0.3 is 0 Å². The highest BCUT2D eigenvalue weighted by atomic mass is 16.5. The fraction of sp³-hybridized carbons (Fsp3) is 0.500. The summed E-state index contributed by atoms with van der Waals surface area (Å²) in [5.41, 5.74) is -0.232. The third kappa shape index (κ3) is 3.57. The Labute approximate surface area is 188 Å². The molecule has 0 fully saturated rings. The lowest BCUT2D eigenvalue weighted by Gasteiger charge is -2.42. The van der Waals surface area contributed by atoms with Crippen LogP contribution >= 0.6 is 0 Å². The molecule has 0 radical (unpaired) electrons. The Balaban J connectivity index is 2.58. The molecule has 176 valence electrons. The van der Waals surface area contributed by atoms with Crippen molar-refractivity contribution < 1.29 is 38.6 Å². The molecule has 0 bridgehead atoms. The Morgan fingerprint density at radius 2 is 0.875 bits per heavy atom. The van der Waals surface area contributed by atoms with E-state index in [0.29, 0.717) is 56.8 Å². The predicted molar refractivity (Wildman–Crippen MR) is 120 cm³/mol. The first kappa shape index (κ1) is 23.8. The van der Waals surface area contributed by atoms with Crippen molar-refractivity contribution in [2.24, 2.45) is 0 Å². The van der Waals surface area contributed by atoms with Crippen molar-refractivity contribution >= 4 is 0 Å². The van der Waals surface area contributed by atoms with E-state index in [2.05, 4.69) is 0 Å². The van der Waals surface area contributed by atoms with Crippen LogP contribution in [0.15, 0.2) is 12.1 Å². The lowest BCUT2D eigenvalue weighted by atomic mass is 9.72. The van der Waals surface area contributed by atoms with Crippen molar-refractivity contribution in [3.63, 3.8) is 0 Å². The summed E-state index contributed by atoms with van der Waals surface area (Å²) in [5.74, 6) is 2.55. The van der Waals surface area contributed by atoms with Crippen molar-refractivity contribution in [3.8, 4) is 45.6 Å². The zero-order chi connectivity index (χ0) is 23.8. The maximum absolute atomic E-state index is 11.3. The average molecular weight is 449 g/mol. The largest absolute Gasteiger partial charge is 0.493 e. The van der Waals surface area contributed by atoms with E-state index in [1.54, 1.807) is 26.0 Å². The quantitative estimate of drug-likeness (QED) is 0.696. The summed E-state index contributed by atoms with van der Waals surface area (Å²) in [4.78, 5) is 0. The molecule has 0 saturated carbocycles. The number of hydrogen-bond acceptors (Lipinski definition) is 8. The molecule has 1 aliphatic carbocycles. The molecule has 0 aliphatic heterocycles. The van der Waals surface area contributed by atoms with E-state index in [-0.39, 0.29) is 12.8 Å². The van der Waals surface area contributed by atoms with Crippen LogP contribution in [-0.2, 0) is 12.8 Å². The molecule has 2 N–H and O–H groups in total. The van der Waals surface area contributed by atoms with Gasteiger partial charge in [0.25, 0.3) is 0 Å². The van der Waals surface area contributed by atoms with Crippen LogP contribution in [-0.4, -0.2) is 64.1 Å². The lowest BCUT2D eigenvalue weighted by molar-refractivity contribution is -0.129. The zero-order valence-electron chi connectivity index (χ0n) is 19.9. The van der Waals surface area contributed by atoms with Gasteiger partial charge in [-0.25, -0.2) is 0 Å². The van der Waals surface area contributed by atoms with Crippen LogP contribution in [0.5, 0.6) is 34.5 Å². The van der Waals surface area contributed by atoms with Crippen molar-refractivity contribution in [3.05, 3.63) is 23.3 Å². The highest BCUT2D eigenvalue weighted by molar-refractivity contribution is 5.88. The maximum atomic E-state index is 11.3. The molecule has 0 aromatic heterocycles. The molecule has 2 unspecified atom stereocenters. The highest BCUT2D eigenvalue weighted by Crippen LogP contribution is 2.56. The summed E-state index contributed by atoms with van der Waals surface area (Å²) in [5, 5.41) is 22.7. The van der Waals surface area contributed by atoms with Gasteiger partial charge in [0.05, 0.1) is 53.9 Å². The van der Waals surface area contributed by atoms with Crippen molar-refractivity contribution in [1.82, 2.24) is 0 Å². The first-order chi connectivity index (χ1) is 15.1. The number of rotatable bonds is 6. The monoisotopic (exact) mass is 448 g/mol. The molecule has 1 aliphatic rings. The van der Waals surface area contributed by atoms with E-state index in [1.807, 2.05) is 0 Å². The first-order valence-corrected chi connectivity index (χ1v) is 10.2. The van der Waals surface area contributed by atoms with Crippen molar-refractivity contribution in [2.45, 2.75) is 37.9 Å². The number of hydrogen-bond donors (Lipinski definition) is 2. The molecule has 2 atom stereocenters. The van der Waals surface area contributed by atoms with Gasteiger partial charge in [0.1, 0.15) is 0 Å². The molecule has 0 spiro atoms. The van der Waals surface area contributed by atoms with Crippen LogP contribution in [0.4, 0.5) is 0 Å². The van der Waals surface area contributed by atoms with Crippen molar-refractivity contribution in [1.29, 1.82) is 0 Å². The molecule has 8 heteroatoms. The molecule has 32 heavy (non-hydrogen) atoms. The molecule has 2 aromatic rings. The van der Waals surface area contributed by atoms with Crippen LogP contribution in [0, 0.1) is 0 Å². The molecular weight excluding hydrogens is 416 g/mol. The summed E-state index contributed by atoms with van der Waals surface area (Å²) in [6.07, 6.45) is 0.256. The second-order valence-corrected chi connectivity index (χ2v) is 8.26. The van der Waals surface area contributed by atoms with Gasteiger partial charge in [-0.3, -0.25) is 0 Å². The molecule has 0 saturated heterocycles. The molecule has 8 nitrogen and oxygen atoms in total. The topological polar surface area (TPSA) is 95.8 Å². The van der Waals surface area contributed by atoms with Gasteiger partial charge < -0.3 is 38.6 Å². The van der Waals surface area contributed by atoms with Crippen LogP contribution in [0.25, 0.3) is 11.1 Å². The number of benzene rings is 2. The molecular formula is C24H32O8. The Bertz CT molecular complexity index is 929. The van der Waals surface area contributed by atoms with Gasteiger partial charge in [0.2, 0.25) is 11.5 Å². The maximum Gasteiger partial charge on any atom is 0.203 e. The van der Waals surface area contributed by atoms with E-state index in [1.165, 1.54) is 42.7 Å². The third-order valence-electron chi connectivity index (χ3n) is 6.30. The number of methoxy groups -OCH3 is 6. The minimum absolute atomic E-state index is 0.128. The Morgan fingerprint density at radius 1 is 0.562 bits per heavy atom. The first-order valence-electron chi connectivity index (χ1n) is 10.2. The fourth-order valence-electron chi connectivity index (χ4n) is 4.36. The van der Waals surface area contributed by atoms with Gasteiger partial charge in [-0.2, -0.15) is 0 Å². The SMILES string of the molecule is COc1cc2c(c(OC)c1OC)-c1c(cc(OC)c(OC)c1OC)CC(C)(O)C(C)(O)C2. The van der Waals surface area contributed by atoms with Crippen LogP contribution in [0.2, 0.25) is 0 Å². The smallest absolute Gasteiger partial charge is 0.203 e. The summed E-state index contributed by atoms with van der Waals surface area (Å²) < 4.78 is 33.9. The lowest BCUT2D eigenvalue weighted by Crippen LogP contribution is -2.53. The van der Waals surface area contributed by atoms with Crippen LogP contribution < -0.4 is 28.4 Å². The van der Waals surface area contributed by atoms with Gasteiger partial charge in [-0.1, -0.05) is 0 Å². The van der Waals surface area contributed by atoms with E-state index in [9.17, 15) is 10.2 Å². The summed E-state index contributed by atoms with van der Waals surface area (Å²) in [6, 6.07) is 3.57. The molecule has 2 aromatic carbocycles. The summed E-state index contributed by atoms with van der Waals surface area (Å²) in [6.45, 7) is 3.23. The van der Waals surface area contributed by atoms with Gasteiger partial charge in [0, 0.05) is 24.0 Å². The molecule has 0 amide bonds. The van der Waals surface area contributed by atoms with Crippen LogP contribution in [0.1, 0.15) is 25.0 Å². The Morgan fingerprint density at radius 3 is 1.12 bits per heavy atom. The van der Waals surface area contributed by atoms with Crippen molar-refractivity contribution in [2.75, 3.05) is 42.7 Å². The second kappa shape index (κ2) is 8.60. The predicted octanol–water partition coefficient (Wildman–Crippen LogP) is 3.01. The van der Waals surface area contributed by atoms with E-state index in [4.69, 9.17) is 28.4 Å². The van der Waals surface area contributed by atoms with Gasteiger partial charge in [-0.05, 0) is 37.1 Å². The highest BCUT2D eigenvalue weighted by Gasteiger charge is 2.46. The zero-order valence-corrected chi connectivity index (χ0v) is 19.9. The Kier molecular flexibility index (Phi) is 6.40. The van der Waals surface area contributed by atoms with Gasteiger partial charge in [-0.15, -0.1) is 0 Å². The minimum atomic E-state index is -1.47. The summed E-state index contributed by atoms with van der Waals surface area (Å²) >= 11 is 0. The number of fused-ring (bicyclic) bond motifs is 3. The van der Waals surface area contributed by atoms with E-state index < -0.39 is 11.2 Å². The summed E-state index contributed by atoms with van der Waals surface area (Å²) in [7, 11) is 9.20. The normalized spacial score (nSPS) is 22.1. The number of ether oxygens (including phenoxy) is 6. The van der Waals surface area contributed by atoms with E-state index in [0.717, 1.165) is 0 Å².